The zero-order valence-corrected chi connectivity index (χ0v) is 10.5. The highest BCUT2D eigenvalue weighted by Gasteiger charge is 2.15. The van der Waals surface area contributed by atoms with Crippen LogP contribution in [-0.2, 0) is 0 Å². The van der Waals surface area contributed by atoms with Crippen molar-refractivity contribution < 1.29 is 15.0 Å². The van der Waals surface area contributed by atoms with Gasteiger partial charge in [-0.3, -0.25) is 0 Å². The lowest BCUT2D eigenvalue weighted by atomic mass is 9.89. The normalized spacial score (nSPS) is 11.3. The summed E-state index contributed by atoms with van der Waals surface area (Å²) in [6.07, 6.45) is 1.71. The molecule has 0 rings (SSSR count). The van der Waals surface area contributed by atoms with Crippen LogP contribution in [0.3, 0.4) is 0 Å². The molecule has 0 atom stereocenters. The molecular weight excluding hydrogens is 208 g/mol. The number of nitrogens with one attached hydrogen (secondary N) is 1. The Morgan fingerprint density at radius 1 is 1.38 bits per heavy atom. The predicted octanol–water partition coefficient (Wildman–Crippen LogP) is 0.419. The molecule has 0 unspecified atom stereocenters. The van der Waals surface area contributed by atoms with E-state index in [1.54, 1.807) is 7.05 Å². The Kier molecular flexibility index (Phi) is 7.08. The van der Waals surface area contributed by atoms with E-state index in [-0.39, 0.29) is 24.7 Å². The van der Waals surface area contributed by atoms with Crippen LogP contribution in [0, 0.1) is 5.41 Å². The summed E-state index contributed by atoms with van der Waals surface area (Å²) in [4.78, 5) is 12.8. The van der Waals surface area contributed by atoms with Gasteiger partial charge in [-0.05, 0) is 18.3 Å². The molecule has 96 valence electrons. The molecule has 5 nitrogen and oxygen atoms in total. The van der Waals surface area contributed by atoms with E-state index < -0.39 is 0 Å². The quantitative estimate of drug-likeness (QED) is 0.557. The summed E-state index contributed by atoms with van der Waals surface area (Å²) < 4.78 is 0. The molecule has 3 N–H and O–H groups in total. The Balaban J connectivity index is 3.63. The van der Waals surface area contributed by atoms with E-state index in [1.807, 2.05) is 13.8 Å². The van der Waals surface area contributed by atoms with Crippen LogP contribution in [-0.4, -0.2) is 54.5 Å². The first-order chi connectivity index (χ1) is 7.43. The zero-order valence-electron chi connectivity index (χ0n) is 10.5. The Hall–Kier alpha value is -0.810. The fourth-order valence-corrected chi connectivity index (χ4v) is 1.23. The third-order valence-corrected chi connectivity index (χ3v) is 2.52. The highest BCUT2D eigenvalue weighted by molar-refractivity contribution is 5.73. The van der Waals surface area contributed by atoms with Crippen molar-refractivity contribution in [3.63, 3.8) is 0 Å². The van der Waals surface area contributed by atoms with E-state index in [4.69, 9.17) is 10.2 Å². The third-order valence-electron chi connectivity index (χ3n) is 2.52. The summed E-state index contributed by atoms with van der Waals surface area (Å²) in [6.45, 7) is 5.05. The van der Waals surface area contributed by atoms with Crippen LogP contribution in [0.2, 0.25) is 0 Å². The summed E-state index contributed by atoms with van der Waals surface area (Å²) in [5.74, 6) is 0. The lowest BCUT2D eigenvalue weighted by Gasteiger charge is -2.22. The molecule has 5 heteroatoms. The Bertz CT molecular complexity index is 207. The van der Waals surface area contributed by atoms with E-state index in [1.165, 1.54) is 4.90 Å². The maximum absolute atomic E-state index is 11.4. The van der Waals surface area contributed by atoms with Gasteiger partial charge in [0.2, 0.25) is 0 Å². The fourth-order valence-electron chi connectivity index (χ4n) is 1.23. The molecule has 0 aliphatic heterocycles. The highest BCUT2D eigenvalue weighted by atomic mass is 16.3. The zero-order chi connectivity index (χ0) is 12.6. The van der Waals surface area contributed by atoms with Gasteiger partial charge in [-0.25, -0.2) is 4.79 Å². The van der Waals surface area contributed by atoms with Crippen molar-refractivity contribution >= 4 is 6.03 Å². The van der Waals surface area contributed by atoms with Gasteiger partial charge in [0.05, 0.1) is 6.61 Å². The molecule has 0 fully saturated rings. The second-order valence-corrected chi connectivity index (χ2v) is 4.80. The number of hydrogen-bond acceptors (Lipinski definition) is 3. The van der Waals surface area contributed by atoms with E-state index in [0.29, 0.717) is 13.1 Å². The van der Waals surface area contributed by atoms with Crippen molar-refractivity contribution in [3.8, 4) is 0 Å². The molecule has 0 aliphatic carbocycles. The molecule has 0 aromatic rings. The molecule has 2 amide bonds. The molecule has 0 radical (unpaired) electrons. The molecule has 0 saturated heterocycles. The van der Waals surface area contributed by atoms with Gasteiger partial charge >= 0.3 is 6.03 Å². The number of nitrogens with zero attached hydrogens (tertiary/aromatic N) is 1. The van der Waals surface area contributed by atoms with Crippen LogP contribution in [0.4, 0.5) is 4.79 Å². The van der Waals surface area contributed by atoms with Gasteiger partial charge in [-0.1, -0.05) is 13.8 Å². The highest BCUT2D eigenvalue weighted by Crippen LogP contribution is 2.20. The van der Waals surface area contributed by atoms with E-state index in [0.717, 1.165) is 12.8 Å². The number of hydrogen-bond donors (Lipinski definition) is 3. The third kappa shape index (κ3) is 6.63. The van der Waals surface area contributed by atoms with Crippen LogP contribution < -0.4 is 5.32 Å². The van der Waals surface area contributed by atoms with Gasteiger partial charge < -0.3 is 20.4 Å². The van der Waals surface area contributed by atoms with E-state index in [2.05, 4.69) is 5.32 Å². The predicted molar refractivity (Wildman–Crippen MR) is 63.2 cm³/mol. The standard InChI is InChI=1S/C11H24N2O3/c1-11(2,9-15)5-4-6-12-10(16)13(3)7-8-14/h14-15H,4-9H2,1-3H3,(H,12,16). The number of aliphatic hydroxyl groups is 2. The van der Waals surface area contributed by atoms with Gasteiger partial charge in [-0.15, -0.1) is 0 Å². The first-order valence-corrected chi connectivity index (χ1v) is 5.63. The van der Waals surface area contributed by atoms with Crippen LogP contribution in [0.25, 0.3) is 0 Å². The number of likely N-dealkylation sites (N-methyl/N-ethyl adjacent to an activating group) is 1. The summed E-state index contributed by atoms with van der Waals surface area (Å²) in [5, 5.41) is 20.4. The average molecular weight is 232 g/mol. The van der Waals surface area contributed by atoms with Gasteiger partial charge in [0, 0.05) is 26.7 Å². The first-order valence-electron chi connectivity index (χ1n) is 5.63. The molecule has 0 saturated carbocycles. The number of aliphatic hydroxyl groups excluding tert-OH is 2. The molecule has 0 heterocycles. The van der Waals surface area contributed by atoms with Crippen LogP contribution in [0.5, 0.6) is 0 Å². The van der Waals surface area contributed by atoms with E-state index in [9.17, 15) is 4.79 Å². The smallest absolute Gasteiger partial charge is 0.317 e. The van der Waals surface area contributed by atoms with Crippen LogP contribution in [0.15, 0.2) is 0 Å². The van der Waals surface area contributed by atoms with E-state index >= 15 is 0 Å². The molecule has 0 spiro atoms. The van der Waals surface area contributed by atoms with Crippen LogP contribution in [0.1, 0.15) is 26.7 Å². The Morgan fingerprint density at radius 3 is 2.50 bits per heavy atom. The summed E-state index contributed by atoms with van der Waals surface area (Å²) in [7, 11) is 1.64. The second kappa shape index (κ2) is 7.46. The molecule has 0 aliphatic rings. The minimum atomic E-state index is -0.171. The maximum Gasteiger partial charge on any atom is 0.317 e. The van der Waals surface area contributed by atoms with Gasteiger partial charge in [0.1, 0.15) is 0 Å². The minimum absolute atomic E-state index is 0.0263. The summed E-state index contributed by atoms with van der Waals surface area (Å²) in [6, 6.07) is -0.171. The summed E-state index contributed by atoms with van der Waals surface area (Å²) in [5.41, 5.74) is -0.0816. The molecule has 0 bridgehead atoms. The second-order valence-electron chi connectivity index (χ2n) is 4.80. The van der Waals surface area contributed by atoms with Gasteiger partial charge in [-0.2, -0.15) is 0 Å². The first kappa shape index (κ1) is 15.2. The van der Waals surface area contributed by atoms with Crippen molar-refractivity contribution in [2.45, 2.75) is 26.7 Å². The maximum atomic E-state index is 11.4. The van der Waals surface area contributed by atoms with Crippen molar-refractivity contribution in [2.75, 3.05) is 33.4 Å². The summed E-state index contributed by atoms with van der Waals surface area (Å²) >= 11 is 0. The Morgan fingerprint density at radius 2 is 2.00 bits per heavy atom. The minimum Gasteiger partial charge on any atom is -0.396 e. The lowest BCUT2D eigenvalue weighted by Crippen LogP contribution is -2.39. The SMILES string of the molecule is CN(CCO)C(=O)NCCCC(C)(C)CO. The molecular formula is C11H24N2O3. The van der Waals surface area contributed by atoms with Gasteiger partial charge in [0.25, 0.3) is 0 Å². The van der Waals surface area contributed by atoms with Crippen molar-refractivity contribution in [2.24, 2.45) is 5.41 Å². The number of carbonyl (C=O) groups excluding carboxylic acids is 1. The molecule has 16 heavy (non-hydrogen) atoms. The Labute approximate surface area is 97.4 Å². The van der Waals surface area contributed by atoms with Crippen LogP contribution >= 0.6 is 0 Å². The average Bonchev–Trinajstić information content (AvgIpc) is 2.24. The number of carbonyl (C=O) groups is 1. The fraction of sp³-hybridized carbons (Fsp3) is 0.909. The molecule has 0 aromatic heterocycles. The number of rotatable bonds is 7. The largest absolute Gasteiger partial charge is 0.396 e. The molecule has 0 aromatic carbocycles. The van der Waals surface area contributed by atoms with Gasteiger partial charge in [0.15, 0.2) is 0 Å². The van der Waals surface area contributed by atoms with Crippen molar-refractivity contribution in [1.82, 2.24) is 10.2 Å². The monoisotopic (exact) mass is 232 g/mol. The number of amides is 2. The van der Waals surface area contributed by atoms with Crippen molar-refractivity contribution in [3.05, 3.63) is 0 Å². The lowest BCUT2D eigenvalue weighted by molar-refractivity contribution is 0.147. The topological polar surface area (TPSA) is 72.8 Å². The van der Waals surface area contributed by atoms with Crippen molar-refractivity contribution in [1.29, 1.82) is 0 Å². The number of urea groups is 1.